The topological polar surface area (TPSA) is 27.8 Å². The third kappa shape index (κ3) is 1.96. The Labute approximate surface area is 121 Å². The Balaban J connectivity index is 1.60. The smallest absolute Gasteiger partial charge is 0.0457 e. The van der Waals surface area contributed by atoms with Crippen LogP contribution in [0.4, 0.5) is 5.69 Å². The van der Waals surface area contributed by atoms with Crippen molar-refractivity contribution >= 4 is 38.0 Å². The minimum atomic E-state index is 0.833. The highest BCUT2D eigenvalue weighted by atomic mass is 32.1. The van der Waals surface area contributed by atoms with Crippen LogP contribution in [0.25, 0.3) is 21.0 Å². The van der Waals surface area contributed by atoms with Crippen molar-refractivity contribution in [1.82, 2.24) is 4.98 Å². The number of hydrogen-bond acceptors (Lipinski definition) is 2. The van der Waals surface area contributed by atoms with Crippen LogP contribution in [0.5, 0.6) is 0 Å². The molecule has 0 aliphatic heterocycles. The zero-order valence-electron chi connectivity index (χ0n) is 10.9. The molecule has 0 saturated carbocycles. The number of rotatable bonds is 3. The number of hydrogen-bond donors (Lipinski definition) is 2. The summed E-state index contributed by atoms with van der Waals surface area (Å²) >= 11 is 1.78. The molecule has 2 N–H and O–H groups in total. The van der Waals surface area contributed by atoms with E-state index in [4.69, 9.17) is 0 Å². The van der Waals surface area contributed by atoms with Gasteiger partial charge in [-0.05, 0) is 46.7 Å². The molecule has 0 aliphatic carbocycles. The van der Waals surface area contributed by atoms with Gasteiger partial charge in [0.25, 0.3) is 0 Å². The van der Waals surface area contributed by atoms with E-state index in [1.54, 1.807) is 11.3 Å². The Bertz CT molecular complexity index is 873. The van der Waals surface area contributed by atoms with E-state index in [0.717, 1.165) is 6.54 Å². The van der Waals surface area contributed by atoms with E-state index in [1.807, 2.05) is 0 Å². The molecular formula is C17H14N2S. The van der Waals surface area contributed by atoms with Gasteiger partial charge in [0.2, 0.25) is 0 Å². The van der Waals surface area contributed by atoms with Crippen LogP contribution in [-0.4, -0.2) is 4.98 Å². The van der Waals surface area contributed by atoms with Gasteiger partial charge < -0.3 is 10.3 Å². The third-order valence-electron chi connectivity index (χ3n) is 3.61. The first kappa shape index (κ1) is 11.6. The van der Waals surface area contributed by atoms with Crippen LogP contribution in [0.1, 0.15) is 5.56 Å². The SMILES string of the molecule is c1ccc2c(CNc3ccc4sccc4c3)c[nH]c2c1. The predicted octanol–water partition coefficient (Wildman–Crippen LogP) is 4.99. The molecule has 20 heavy (non-hydrogen) atoms. The molecule has 0 unspecified atom stereocenters. The maximum absolute atomic E-state index is 3.51. The van der Waals surface area contributed by atoms with Gasteiger partial charge in [-0.2, -0.15) is 0 Å². The molecule has 0 spiro atoms. The summed E-state index contributed by atoms with van der Waals surface area (Å²) in [5, 5.41) is 8.23. The molecule has 0 amide bonds. The highest BCUT2D eigenvalue weighted by Gasteiger charge is 2.03. The minimum Gasteiger partial charge on any atom is -0.381 e. The molecule has 98 valence electrons. The third-order valence-corrected chi connectivity index (χ3v) is 4.51. The first-order chi connectivity index (χ1) is 9.90. The van der Waals surface area contributed by atoms with E-state index in [1.165, 1.54) is 32.2 Å². The fraction of sp³-hybridized carbons (Fsp3) is 0.0588. The van der Waals surface area contributed by atoms with Gasteiger partial charge in [0, 0.05) is 34.0 Å². The number of thiophene rings is 1. The summed E-state index contributed by atoms with van der Waals surface area (Å²) in [4.78, 5) is 3.31. The zero-order chi connectivity index (χ0) is 13.4. The lowest BCUT2D eigenvalue weighted by Gasteiger charge is -2.06. The van der Waals surface area contributed by atoms with Gasteiger partial charge in [-0.25, -0.2) is 0 Å². The Morgan fingerprint density at radius 3 is 3.00 bits per heavy atom. The molecule has 3 heteroatoms. The van der Waals surface area contributed by atoms with Crippen molar-refractivity contribution in [2.45, 2.75) is 6.54 Å². The van der Waals surface area contributed by atoms with Gasteiger partial charge in [0.1, 0.15) is 0 Å². The number of para-hydroxylation sites is 1. The zero-order valence-corrected chi connectivity index (χ0v) is 11.7. The minimum absolute atomic E-state index is 0.833. The number of anilines is 1. The summed E-state index contributed by atoms with van der Waals surface area (Å²) in [5.74, 6) is 0. The second kappa shape index (κ2) is 4.69. The Morgan fingerprint density at radius 2 is 2.00 bits per heavy atom. The van der Waals surface area contributed by atoms with Gasteiger partial charge >= 0.3 is 0 Å². The first-order valence-corrected chi connectivity index (χ1v) is 7.54. The number of nitrogens with one attached hydrogen (secondary N) is 2. The van der Waals surface area contributed by atoms with E-state index in [-0.39, 0.29) is 0 Å². The number of aromatic nitrogens is 1. The second-order valence-corrected chi connectivity index (χ2v) is 5.83. The van der Waals surface area contributed by atoms with Crippen molar-refractivity contribution < 1.29 is 0 Å². The summed E-state index contributed by atoms with van der Waals surface area (Å²) < 4.78 is 1.34. The number of H-pyrrole nitrogens is 1. The molecule has 0 saturated heterocycles. The highest BCUT2D eigenvalue weighted by molar-refractivity contribution is 7.17. The molecule has 0 atom stereocenters. The van der Waals surface area contributed by atoms with Gasteiger partial charge in [0.15, 0.2) is 0 Å². The van der Waals surface area contributed by atoms with Crippen LogP contribution >= 0.6 is 11.3 Å². The first-order valence-electron chi connectivity index (χ1n) is 6.66. The molecule has 2 aromatic carbocycles. The monoisotopic (exact) mass is 278 g/mol. The summed E-state index contributed by atoms with van der Waals surface area (Å²) in [6.45, 7) is 0.833. The molecule has 0 bridgehead atoms. The van der Waals surface area contributed by atoms with Crippen molar-refractivity contribution in [2.24, 2.45) is 0 Å². The molecular weight excluding hydrogens is 264 g/mol. The maximum Gasteiger partial charge on any atom is 0.0457 e. The van der Waals surface area contributed by atoms with Crippen LogP contribution in [0, 0.1) is 0 Å². The van der Waals surface area contributed by atoms with E-state index in [0.29, 0.717) is 0 Å². The lowest BCUT2D eigenvalue weighted by molar-refractivity contribution is 1.16. The van der Waals surface area contributed by atoms with Crippen molar-refractivity contribution in [3.8, 4) is 0 Å². The lowest BCUT2D eigenvalue weighted by atomic mass is 10.1. The highest BCUT2D eigenvalue weighted by Crippen LogP contribution is 2.25. The normalized spacial score (nSPS) is 11.2. The van der Waals surface area contributed by atoms with Gasteiger partial charge in [-0.3, -0.25) is 0 Å². The van der Waals surface area contributed by atoms with Gasteiger partial charge in [-0.1, -0.05) is 18.2 Å². The summed E-state index contributed by atoms with van der Waals surface area (Å²) in [6.07, 6.45) is 2.08. The second-order valence-electron chi connectivity index (χ2n) is 4.89. The van der Waals surface area contributed by atoms with E-state index >= 15 is 0 Å². The van der Waals surface area contributed by atoms with Crippen LogP contribution in [-0.2, 0) is 6.54 Å². The van der Waals surface area contributed by atoms with Gasteiger partial charge in [-0.15, -0.1) is 11.3 Å². The fourth-order valence-corrected chi connectivity index (χ4v) is 3.32. The van der Waals surface area contributed by atoms with Gasteiger partial charge in [0.05, 0.1) is 0 Å². The molecule has 0 radical (unpaired) electrons. The molecule has 4 rings (SSSR count). The largest absolute Gasteiger partial charge is 0.381 e. The molecule has 2 nitrogen and oxygen atoms in total. The summed E-state index contributed by atoms with van der Waals surface area (Å²) in [6, 6.07) is 17.1. The Kier molecular flexibility index (Phi) is 2.71. The number of fused-ring (bicyclic) bond motifs is 2. The van der Waals surface area contributed by atoms with Crippen LogP contribution < -0.4 is 5.32 Å². The summed E-state index contributed by atoms with van der Waals surface area (Å²) in [5.41, 5.74) is 3.66. The van der Waals surface area contributed by atoms with Crippen molar-refractivity contribution in [1.29, 1.82) is 0 Å². The van der Waals surface area contributed by atoms with Crippen LogP contribution in [0.2, 0.25) is 0 Å². The molecule has 2 heterocycles. The average molecular weight is 278 g/mol. The van der Waals surface area contributed by atoms with E-state index < -0.39 is 0 Å². The summed E-state index contributed by atoms with van der Waals surface area (Å²) in [7, 11) is 0. The quantitative estimate of drug-likeness (QED) is 0.542. The predicted molar refractivity (Wildman–Crippen MR) is 87.5 cm³/mol. The molecule has 4 aromatic rings. The van der Waals surface area contributed by atoms with Crippen LogP contribution in [0.3, 0.4) is 0 Å². The number of benzene rings is 2. The standard InChI is InChI=1S/C17H14N2S/c1-2-4-16-15(3-1)13(11-19-16)10-18-14-5-6-17-12(9-14)7-8-20-17/h1-9,11,18-19H,10H2. The lowest BCUT2D eigenvalue weighted by Crippen LogP contribution is -1.98. The average Bonchev–Trinajstić information content (AvgIpc) is 3.11. The maximum atomic E-state index is 3.51. The molecule has 0 fully saturated rings. The Morgan fingerprint density at radius 1 is 1.05 bits per heavy atom. The van der Waals surface area contributed by atoms with Crippen molar-refractivity contribution in [2.75, 3.05) is 5.32 Å². The van der Waals surface area contributed by atoms with Crippen molar-refractivity contribution in [3.05, 3.63) is 65.7 Å². The van der Waals surface area contributed by atoms with Crippen molar-refractivity contribution in [3.63, 3.8) is 0 Å². The molecule has 2 aromatic heterocycles. The molecule has 0 aliphatic rings. The van der Waals surface area contributed by atoms with Crippen LogP contribution in [0.15, 0.2) is 60.1 Å². The van der Waals surface area contributed by atoms with E-state index in [9.17, 15) is 0 Å². The van der Waals surface area contributed by atoms with E-state index in [2.05, 4.69) is 70.4 Å². The fourth-order valence-electron chi connectivity index (χ4n) is 2.55. The Hall–Kier alpha value is -2.26. The number of aromatic amines is 1.